The molecule has 17 heteroatoms. The van der Waals surface area contributed by atoms with E-state index in [2.05, 4.69) is 20.6 Å². The fourth-order valence-electron chi connectivity index (χ4n) is 5.53. The predicted octanol–water partition coefficient (Wildman–Crippen LogP) is 7.36. The monoisotopic (exact) mass is 800 g/mol. The first-order valence-electron chi connectivity index (χ1n) is 16.3. The molecular formula is C39H27F3N4O8S2. The van der Waals surface area contributed by atoms with Crippen LogP contribution in [0.3, 0.4) is 0 Å². The third-order valence-electron chi connectivity index (χ3n) is 8.15. The minimum atomic E-state index is -1.23. The quantitative estimate of drug-likeness (QED) is 0.0858. The summed E-state index contributed by atoms with van der Waals surface area (Å²) < 4.78 is 40.8. The summed E-state index contributed by atoms with van der Waals surface area (Å²) in [5, 5.41) is 44.0. The number of carboxylic acids is 2. The molecule has 3 aromatic carbocycles. The van der Waals surface area contributed by atoms with Crippen molar-refractivity contribution < 1.29 is 52.8 Å². The zero-order chi connectivity index (χ0) is 40.3. The third-order valence-corrected chi connectivity index (χ3v) is 10.6. The number of aromatic hydroxyl groups is 2. The summed E-state index contributed by atoms with van der Waals surface area (Å²) in [5.74, 6) is -5.89. The first kappa shape index (κ1) is 38.9. The van der Waals surface area contributed by atoms with Crippen LogP contribution in [-0.4, -0.2) is 67.2 Å². The van der Waals surface area contributed by atoms with Crippen molar-refractivity contribution in [3.8, 4) is 43.5 Å². The van der Waals surface area contributed by atoms with Gasteiger partial charge in [-0.25, -0.2) is 23.1 Å². The normalized spacial score (nSPS) is 10.9. The SMILES string of the molecule is Cc1nc(C(=O)NCC(=O)O)c(O)c2sc(-c3ccc(F)cc3)cc12.O=C(O)CNC(=O)c1ncc2c(-c3ccc(F)cc3)c(-c3ccc(F)cc3)sc2c1O. The minimum absolute atomic E-state index is 0.223. The van der Waals surface area contributed by atoms with Gasteiger partial charge in [0.1, 0.15) is 30.5 Å². The van der Waals surface area contributed by atoms with Gasteiger partial charge in [0.15, 0.2) is 22.9 Å². The van der Waals surface area contributed by atoms with Crippen LogP contribution >= 0.6 is 22.7 Å². The number of benzene rings is 3. The van der Waals surface area contributed by atoms with Crippen molar-refractivity contribution in [1.29, 1.82) is 0 Å². The zero-order valence-corrected chi connectivity index (χ0v) is 30.4. The van der Waals surface area contributed by atoms with E-state index < -0.39 is 54.2 Å². The van der Waals surface area contributed by atoms with Crippen LogP contribution in [0.1, 0.15) is 26.7 Å². The molecule has 0 bridgehead atoms. The topological polar surface area (TPSA) is 199 Å². The summed E-state index contributed by atoms with van der Waals surface area (Å²) in [6.07, 6.45) is 1.40. The fourth-order valence-corrected chi connectivity index (χ4v) is 7.94. The Morgan fingerprint density at radius 3 is 1.64 bits per heavy atom. The van der Waals surface area contributed by atoms with E-state index in [0.29, 0.717) is 47.4 Å². The summed E-state index contributed by atoms with van der Waals surface area (Å²) in [7, 11) is 0. The number of carbonyl (C=O) groups is 4. The van der Waals surface area contributed by atoms with E-state index in [1.165, 1.54) is 53.9 Å². The number of amides is 2. The molecule has 7 rings (SSSR count). The van der Waals surface area contributed by atoms with E-state index in [1.807, 2.05) is 6.07 Å². The number of nitrogens with one attached hydrogen (secondary N) is 2. The summed E-state index contributed by atoms with van der Waals surface area (Å²) in [6, 6.07) is 19.3. The number of nitrogens with zero attached hydrogens (tertiary/aromatic N) is 2. The maximum absolute atomic E-state index is 13.5. The van der Waals surface area contributed by atoms with Crippen molar-refractivity contribution in [3.63, 3.8) is 0 Å². The van der Waals surface area contributed by atoms with E-state index in [4.69, 9.17) is 10.2 Å². The number of rotatable bonds is 9. The minimum Gasteiger partial charge on any atom is -0.504 e. The van der Waals surface area contributed by atoms with Gasteiger partial charge in [0.2, 0.25) is 0 Å². The number of carboxylic acid groups (broad SMARTS) is 2. The molecule has 0 spiro atoms. The Hall–Kier alpha value is -6.85. The van der Waals surface area contributed by atoms with E-state index in [9.17, 15) is 42.6 Å². The lowest BCUT2D eigenvalue weighted by Gasteiger charge is -2.07. The molecule has 0 unspecified atom stereocenters. The zero-order valence-electron chi connectivity index (χ0n) is 28.8. The van der Waals surface area contributed by atoms with E-state index in [-0.39, 0.29) is 23.0 Å². The molecule has 0 saturated heterocycles. The standard InChI is InChI=1S/C22H14F2N2O4S.C17H13FN2O4S/c23-13-5-1-11(2-6-13)17-15-9-25-18(22(30)26-10-16(27)28)19(29)21(15)31-20(17)12-3-7-14(24)8-4-12;1-8-11-6-12(9-2-4-10(18)5-3-9)25-16(11)15(23)14(20-8)17(24)19-7-13(21)22/h1-9,29H,10H2,(H,26,30)(H,27,28);2-6,23H,7H2,1H3,(H,19,24)(H,21,22). The van der Waals surface area contributed by atoms with Gasteiger partial charge < -0.3 is 31.1 Å². The molecule has 0 aliphatic rings. The third kappa shape index (κ3) is 8.28. The Kier molecular flexibility index (Phi) is 11.3. The van der Waals surface area contributed by atoms with Crippen molar-refractivity contribution in [3.05, 3.63) is 120 Å². The molecule has 56 heavy (non-hydrogen) atoms. The molecule has 2 amide bonds. The van der Waals surface area contributed by atoms with Gasteiger partial charge >= 0.3 is 11.9 Å². The van der Waals surface area contributed by atoms with Gasteiger partial charge in [-0.1, -0.05) is 36.4 Å². The number of aromatic nitrogens is 2. The Labute approximate surface area is 322 Å². The number of thiophene rings is 2. The molecule has 0 radical (unpaired) electrons. The largest absolute Gasteiger partial charge is 0.504 e. The van der Waals surface area contributed by atoms with Crippen LogP contribution in [0.5, 0.6) is 11.5 Å². The van der Waals surface area contributed by atoms with Crippen LogP contribution in [-0.2, 0) is 9.59 Å². The average molecular weight is 801 g/mol. The predicted molar refractivity (Wildman–Crippen MR) is 203 cm³/mol. The Bertz CT molecular complexity index is 2650. The van der Waals surface area contributed by atoms with Crippen molar-refractivity contribution >= 4 is 66.6 Å². The average Bonchev–Trinajstić information content (AvgIpc) is 3.80. The molecular weight excluding hydrogens is 774 g/mol. The highest BCUT2D eigenvalue weighted by Crippen LogP contribution is 2.48. The maximum Gasteiger partial charge on any atom is 0.322 e. The number of carbonyl (C=O) groups excluding carboxylic acids is 2. The highest BCUT2D eigenvalue weighted by Gasteiger charge is 2.24. The van der Waals surface area contributed by atoms with Gasteiger partial charge in [0, 0.05) is 38.0 Å². The summed E-state index contributed by atoms with van der Waals surface area (Å²) >= 11 is 2.41. The Balaban J connectivity index is 0.000000194. The van der Waals surface area contributed by atoms with Crippen molar-refractivity contribution in [2.45, 2.75) is 6.92 Å². The number of hydrogen-bond acceptors (Lipinski definition) is 10. The van der Waals surface area contributed by atoms with Gasteiger partial charge in [0.25, 0.3) is 11.8 Å². The number of aliphatic carboxylic acids is 2. The van der Waals surface area contributed by atoms with Crippen LogP contribution in [0.25, 0.3) is 52.2 Å². The van der Waals surface area contributed by atoms with Crippen molar-refractivity contribution in [2.24, 2.45) is 0 Å². The lowest BCUT2D eigenvalue weighted by atomic mass is 9.99. The van der Waals surface area contributed by atoms with Crippen molar-refractivity contribution in [1.82, 2.24) is 20.6 Å². The molecule has 0 atom stereocenters. The van der Waals surface area contributed by atoms with E-state index in [1.54, 1.807) is 43.3 Å². The second-order valence-electron chi connectivity index (χ2n) is 11.9. The second kappa shape index (κ2) is 16.3. The molecule has 4 aromatic heterocycles. The van der Waals surface area contributed by atoms with Crippen LogP contribution < -0.4 is 10.6 Å². The van der Waals surface area contributed by atoms with Crippen molar-refractivity contribution in [2.75, 3.05) is 13.1 Å². The number of hydrogen-bond donors (Lipinski definition) is 6. The van der Waals surface area contributed by atoms with E-state index in [0.717, 1.165) is 21.8 Å². The Morgan fingerprint density at radius 2 is 1.11 bits per heavy atom. The molecule has 284 valence electrons. The van der Waals surface area contributed by atoms with Gasteiger partial charge in [-0.3, -0.25) is 19.2 Å². The lowest BCUT2D eigenvalue weighted by molar-refractivity contribution is -0.136. The van der Waals surface area contributed by atoms with Crippen LogP contribution in [0.2, 0.25) is 0 Å². The van der Waals surface area contributed by atoms with Crippen LogP contribution in [0.15, 0.2) is 85.1 Å². The second-order valence-corrected chi connectivity index (χ2v) is 14.0. The molecule has 0 aliphatic carbocycles. The number of fused-ring (bicyclic) bond motifs is 2. The van der Waals surface area contributed by atoms with Gasteiger partial charge in [-0.15, -0.1) is 22.7 Å². The maximum atomic E-state index is 13.5. The summed E-state index contributed by atoms with van der Waals surface area (Å²) in [5.41, 5.74) is 2.72. The van der Waals surface area contributed by atoms with E-state index >= 15 is 0 Å². The highest BCUT2D eigenvalue weighted by atomic mass is 32.1. The first-order valence-corrected chi connectivity index (χ1v) is 17.9. The first-order chi connectivity index (χ1) is 26.7. The number of halogens is 3. The van der Waals surface area contributed by atoms with Crippen LogP contribution in [0, 0.1) is 24.4 Å². The molecule has 0 aliphatic heterocycles. The molecule has 4 heterocycles. The molecule has 12 nitrogen and oxygen atoms in total. The van der Waals surface area contributed by atoms with Gasteiger partial charge in [-0.05, 0) is 66.1 Å². The summed E-state index contributed by atoms with van der Waals surface area (Å²) in [6.45, 7) is 0.503. The van der Waals surface area contributed by atoms with Gasteiger partial charge in [0.05, 0.1) is 9.40 Å². The number of pyridine rings is 2. The number of aryl methyl sites for hydroxylation is 1. The molecule has 6 N–H and O–H groups in total. The smallest absolute Gasteiger partial charge is 0.322 e. The molecule has 7 aromatic rings. The molecule has 0 fully saturated rings. The lowest BCUT2D eigenvalue weighted by Crippen LogP contribution is -2.30. The molecule has 0 saturated carbocycles. The van der Waals surface area contributed by atoms with Gasteiger partial charge in [-0.2, -0.15) is 0 Å². The summed E-state index contributed by atoms with van der Waals surface area (Å²) in [4.78, 5) is 55.1. The van der Waals surface area contributed by atoms with Crippen LogP contribution in [0.4, 0.5) is 13.2 Å². The fraction of sp³-hybridized carbons (Fsp3) is 0.0769. The Morgan fingerprint density at radius 1 is 0.643 bits per heavy atom. The highest BCUT2D eigenvalue weighted by molar-refractivity contribution is 7.23.